The van der Waals surface area contributed by atoms with Crippen molar-refractivity contribution in [3.05, 3.63) is 71.8 Å². The summed E-state index contributed by atoms with van der Waals surface area (Å²) in [7, 11) is 0. The zero-order valence-electron chi connectivity index (χ0n) is 37.9. The summed E-state index contributed by atoms with van der Waals surface area (Å²) in [6.45, 7) is 0.992. The summed E-state index contributed by atoms with van der Waals surface area (Å²) in [4.78, 5) is 154. The Labute approximate surface area is 399 Å². The molecule has 24 heteroatoms. The fourth-order valence-corrected chi connectivity index (χ4v) is 7.89. The Kier molecular flexibility index (Phi) is 22.6. The summed E-state index contributed by atoms with van der Waals surface area (Å²) in [5.41, 5.74) is 0.745. The van der Waals surface area contributed by atoms with E-state index in [1.54, 1.807) is 60.7 Å². The summed E-state index contributed by atoms with van der Waals surface area (Å²) in [6, 6.07) is 4.74. The van der Waals surface area contributed by atoms with Crippen molar-refractivity contribution < 1.29 is 86.7 Å². The molecule has 2 aromatic rings. The Bertz CT molecular complexity index is 2170. The van der Waals surface area contributed by atoms with Crippen LogP contribution in [0.5, 0.6) is 0 Å². The molecule has 380 valence electrons. The van der Waals surface area contributed by atoms with E-state index in [1.807, 2.05) is 5.32 Å². The molecular weight excluding hydrogens is 931 g/mol. The van der Waals surface area contributed by atoms with Crippen LogP contribution in [-0.4, -0.2) is 134 Å². The molecule has 0 bridgehead atoms. The van der Waals surface area contributed by atoms with Crippen molar-refractivity contribution in [2.45, 2.75) is 133 Å². The van der Waals surface area contributed by atoms with Crippen LogP contribution in [0, 0.1) is 5.92 Å². The molecular formula is C46H56F2N6O16. The Balaban J connectivity index is 2.13. The molecule has 0 radical (unpaired) electrons. The van der Waals surface area contributed by atoms with E-state index in [0.717, 1.165) is 13.3 Å². The molecule has 2 aromatic carbocycles. The number of alkyl halides is 2. The van der Waals surface area contributed by atoms with Gasteiger partial charge < -0.3 is 52.3 Å². The summed E-state index contributed by atoms with van der Waals surface area (Å²) in [5, 5.41) is 51.3. The molecule has 6 atom stereocenters. The van der Waals surface area contributed by atoms with E-state index < -0.39 is 158 Å². The van der Waals surface area contributed by atoms with Crippen LogP contribution in [0.25, 0.3) is 0 Å². The average Bonchev–Trinajstić information content (AvgIpc) is 3.30. The number of halogens is 2. The maximum atomic E-state index is 14.9. The highest BCUT2D eigenvalue weighted by atomic mass is 19.3. The van der Waals surface area contributed by atoms with Gasteiger partial charge in [0.25, 0.3) is 0 Å². The molecule has 1 aliphatic carbocycles. The molecule has 1 fully saturated rings. The standard InChI is InChI=1S/C46H56F2N6O16/c1-24(55)49-32(23-36(60)61)44(67)50-29(18-20-35(58)59)42(65)54-38(37(26-13-7-3-8-14-26)27-15-9-4-10-16-27)45(68)51-28(17-19-34(56)57)41(64)53-31(21-25-11-5-2-6-12-25)43(66)52-30(22-33(47)48)39(62)40(63)46(69)70/h3-4,7-10,13-16,25,28-33,37-38H,2,5-6,11-12,17-23H2,1H3,(H,49,55)(H,50,67)(H,51,68)(H,52,66)(H,53,64)(H,54,65)(H,56,57)(H,58,59)(H,60,61)(H,69,70)/t28-,29-,30-,31-,32-,38-/m0/s1. The Hall–Kier alpha value is -7.66. The number of amides is 6. The lowest BCUT2D eigenvalue weighted by molar-refractivity contribution is -0.154. The zero-order valence-corrected chi connectivity index (χ0v) is 37.9. The molecule has 3 rings (SSSR count). The molecule has 70 heavy (non-hydrogen) atoms. The number of carboxylic acid groups (broad SMARTS) is 4. The minimum atomic E-state index is -3.32. The number of carboxylic acids is 4. The molecule has 0 aliphatic heterocycles. The molecule has 6 amide bonds. The Morgan fingerprint density at radius 3 is 1.44 bits per heavy atom. The second-order valence-electron chi connectivity index (χ2n) is 16.6. The summed E-state index contributed by atoms with van der Waals surface area (Å²) in [6.07, 6.45) is -5.42. The number of carbonyl (C=O) groups is 12. The minimum absolute atomic E-state index is 0.179. The van der Waals surface area contributed by atoms with Crippen molar-refractivity contribution >= 4 is 70.9 Å². The molecule has 1 aliphatic rings. The number of aliphatic carboxylic acids is 4. The highest BCUT2D eigenvalue weighted by molar-refractivity contribution is 6.62. The van der Waals surface area contributed by atoms with Gasteiger partial charge in [0.2, 0.25) is 47.7 Å². The lowest BCUT2D eigenvalue weighted by atomic mass is 9.84. The molecule has 0 spiro atoms. The first-order valence-corrected chi connectivity index (χ1v) is 22.2. The van der Waals surface area contributed by atoms with Gasteiger partial charge in [0.1, 0.15) is 36.3 Å². The number of rotatable bonds is 29. The molecule has 0 aromatic heterocycles. The van der Waals surface area contributed by atoms with Crippen molar-refractivity contribution in [2.75, 3.05) is 0 Å². The lowest BCUT2D eigenvalue weighted by Gasteiger charge is -2.32. The smallest absolute Gasteiger partial charge is 0.380 e. The molecule has 10 N–H and O–H groups in total. The summed E-state index contributed by atoms with van der Waals surface area (Å²) < 4.78 is 27.2. The van der Waals surface area contributed by atoms with Crippen molar-refractivity contribution in [1.29, 1.82) is 0 Å². The van der Waals surface area contributed by atoms with Crippen molar-refractivity contribution in [3.63, 3.8) is 0 Å². The third-order valence-electron chi connectivity index (χ3n) is 11.3. The molecule has 0 unspecified atom stereocenters. The predicted octanol–water partition coefficient (Wildman–Crippen LogP) is 0.800. The van der Waals surface area contributed by atoms with Crippen LogP contribution < -0.4 is 31.9 Å². The van der Waals surface area contributed by atoms with E-state index in [4.69, 9.17) is 5.11 Å². The van der Waals surface area contributed by atoms with Crippen LogP contribution >= 0.6 is 0 Å². The third kappa shape index (κ3) is 18.8. The first-order chi connectivity index (χ1) is 33.1. The predicted molar refractivity (Wildman–Crippen MR) is 237 cm³/mol. The van der Waals surface area contributed by atoms with E-state index in [1.165, 1.54) is 0 Å². The second-order valence-corrected chi connectivity index (χ2v) is 16.6. The van der Waals surface area contributed by atoms with Gasteiger partial charge in [-0.1, -0.05) is 92.8 Å². The van der Waals surface area contributed by atoms with E-state index in [9.17, 15) is 81.6 Å². The van der Waals surface area contributed by atoms with Crippen molar-refractivity contribution in [3.8, 4) is 0 Å². The Morgan fingerprint density at radius 1 is 0.543 bits per heavy atom. The van der Waals surface area contributed by atoms with E-state index in [2.05, 4.69) is 26.6 Å². The molecule has 1 saturated carbocycles. The highest BCUT2D eigenvalue weighted by Crippen LogP contribution is 2.30. The number of hydrogen-bond donors (Lipinski definition) is 10. The first kappa shape index (κ1) is 56.7. The van der Waals surface area contributed by atoms with Gasteiger partial charge in [-0.15, -0.1) is 0 Å². The largest absolute Gasteiger partial charge is 0.481 e. The van der Waals surface area contributed by atoms with Crippen LogP contribution in [0.1, 0.15) is 101 Å². The topological polar surface area (TPSA) is 358 Å². The molecule has 0 saturated heterocycles. The van der Waals surface area contributed by atoms with Gasteiger partial charge in [0, 0.05) is 32.1 Å². The van der Waals surface area contributed by atoms with E-state index >= 15 is 0 Å². The van der Waals surface area contributed by atoms with Gasteiger partial charge in [-0.2, -0.15) is 0 Å². The van der Waals surface area contributed by atoms with Crippen molar-refractivity contribution in [1.82, 2.24) is 31.9 Å². The average molecular weight is 987 g/mol. The quantitative estimate of drug-likeness (QED) is 0.0398. The Morgan fingerprint density at radius 2 is 0.986 bits per heavy atom. The van der Waals surface area contributed by atoms with Crippen LogP contribution in [0.3, 0.4) is 0 Å². The maximum Gasteiger partial charge on any atom is 0.380 e. The fourth-order valence-electron chi connectivity index (χ4n) is 7.89. The van der Waals surface area contributed by atoms with Gasteiger partial charge in [-0.3, -0.25) is 52.7 Å². The van der Waals surface area contributed by atoms with Crippen LogP contribution in [0.15, 0.2) is 60.7 Å². The van der Waals surface area contributed by atoms with Crippen LogP contribution in [0.4, 0.5) is 8.78 Å². The summed E-state index contributed by atoms with van der Waals surface area (Å²) in [5.74, 6) is -19.0. The SMILES string of the molecule is CC(=O)N[C@@H](CC(=O)O)C(=O)N[C@@H](CCC(=O)O)C(=O)N[C@H](C(=O)N[C@@H](CCC(=O)O)C(=O)N[C@@H](CC1CCCCC1)C(=O)N[C@@H](CC(F)F)C(=O)C(=O)C(=O)O)C(c1ccccc1)c1ccccc1. The van der Waals surface area contributed by atoms with Crippen LogP contribution in [-0.2, 0) is 57.5 Å². The lowest BCUT2D eigenvalue weighted by Crippen LogP contribution is -2.61. The zero-order chi connectivity index (χ0) is 52.1. The third-order valence-corrected chi connectivity index (χ3v) is 11.3. The van der Waals surface area contributed by atoms with Gasteiger partial charge in [0.05, 0.1) is 6.42 Å². The second kappa shape index (κ2) is 28.0. The first-order valence-electron chi connectivity index (χ1n) is 22.2. The van der Waals surface area contributed by atoms with Gasteiger partial charge in [0.15, 0.2) is 0 Å². The van der Waals surface area contributed by atoms with E-state index in [0.29, 0.717) is 36.8 Å². The normalized spacial score (nSPS) is 15.1. The fraction of sp³-hybridized carbons (Fsp3) is 0.478. The minimum Gasteiger partial charge on any atom is -0.481 e. The number of carbonyl (C=O) groups excluding carboxylic acids is 8. The highest BCUT2D eigenvalue weighted by Gasteiger charge is 2.40. The molecule has 0 heterocycles. The number of nitrogens with one attached hydrogen (secondary N) is 6. The monoisotopic (exact) mass is 986 g/mol. The maximum absolute atomic E-state index is 14.9. The van der Waals surface area contributed by atoms with Gasteiger partial charge >= 0.3 is 29.7 Å². The summed E-state index contributed by atoms with van der Waals surface area (Å²) >= 11 is 0. The van der Waals surface area contributed by atoms with Crippen LogP contribution in [0.2, 0.25) is 0 Å². The van der Waals surface area contributed by atoms with Gasteiger partial charge in [-0.25, -0.2) is 13.6 Å². The number of Topliss-reactive ketones (excluding diaryl/α,β-unsaturated/α-hetero) is 2. The number of ketones is 2. The van der Waals surface area contributed by atoms with Gasteiger partial charge in [-0.05, 0) is 36.3 Å². The molecule has 22 nitrogen and oxygen atoms in total. The number of benzene rings is 2. The van der Waals surface area contributed by atoms with Crippen molar-refractivity contribution in [2.24, 2.45) is 5.92 Å². The van der Waals surface area contributed by atoms with E-state index in [-0.39, 0.29) is 12.3 Å². The number of hydrogen-bond acceptors (Lipinski definition) is 12.